The Balaban J connectivity index is 2.44. The van der Waals surface area contributed by atoms with Gasteiger partial charge in [-0.25, -0.2) is 0 Å². The van der Waals surface area contributed by atoms with Crippen molar-refractivity contribution in [3.05, 3.63) is 12.2 Å². The number of aliphatic hydroxyl groups excluding tert-OH is 5. The molecule has 0 radical (unpaired) electrons. The molecule has 6 N–H and O–H groups in total. The van der Waals surface area contributed by atoms with Crippen LogP contribution in [0.15, 0.2) is 12.2 Å². The summed E-state index contributed by atoms with van der Waals surface area (Å²) in [6, 6.07) is -0.794. The Bertz CT molecular complexity index is 706. The molecule has 1 saturated heterocycles. The van der Waals surface area contributed by atoms with E-state index in [1.807, 2.05) is 6.08 Å². The van der Waals surface area contributed by atoms with Gasteiger partial charge in [0.05, 0.1) is 25.4 Å². The molecule has 9 heteroatoms. The van der Waals surface area contributed by atoms with Crippen LogP contribution in [0.5, 0.6) is 0 Å². The number of unbranched alkanes of at least 4 members (excludes halogenated alkanes) is 18. The van der Waals surface area contributed by atoms with Crippen molar-refractivity contribution in [2.75, 3.05) is 13.2 Å². The maximum absolute atomic E-state index is 12.7. The van der Waals surface area contributed by atoms with Crippen LogP contribution in [0, 0.1) is 0 Å². The van der Waals surface area contributed by atoms with Gasteiger partial charge in [0.2, 0.25) is 5.91 Å². The molecular weight excluding hydrogens is 562 g/mol. The second kappa shape index (κ2) is 27.1. The van der Waals surface area contributed by atoms with Crippen molar-refractivity contribution in [2.45, 2.75) is 192 Å². The van der Waals surface area contributed by atoms with Gasteiger partial charge in [0.1, 0.15) is 24.4 Å². The molecule has 0 aromatic carbocycles. The third kappa shape index (κ3) is 18.8. The van der Waals surface area contributed by atoms with Gasteiger partial charge in [-0.05, 0) is 19.3 Å². The minimum Gasteiger partial charge on any atom is -0.394 e. The lowest BCUT2D eigenvalue weighted by atomic mass is 9.99. The first-order valence-electron chi connectivity index (χ1n) is 17.9. The summed E-state index contributed by atoms with van der Waals surface area (Å²) in [6.45, 7) is 3.67. The van der Waals surface area contributed by atoms with Crippen LogP contribution in [0.3, 0.4) is 0 Å². The van der Waals surface area contributed by atoms with Crippen LogP contribution in [0.4, 0.5) is 0 Å². The summed E-state index contributed by atoms with van der Waals surface area (Å²) in [5.41, 5.74) is 0. The number of nitrogens with one attached hydrogen (secondary N) is 1. The molecule has 1 aliphatic heterocycles. The lowest BCUT2D eigenvalue weighted by Crippen LogP contribution is -2.60. The van der Waals surface area contributed by atoms with E-state index in [-0.39, 0.29) is 12.5 Å². The van der Waals surface area contributed by atoms with Crippen LogP contribution in [0.25, 0.3) is 0 Å². The Morgan fingerprint density at radius 1 is 0.750 bits per heavy atom. The molecule has 44 heavy (non-hydrogen) atoms. The Kier molecular flexibility index (Phi) is 25.2. The van der Waals surface area contributed by atoms with E-state index < -0.39 is 49.5 Å². The molecule has 1 aliphatic rings. The van der Waals surface area contributed by atoms with Crippen molar-refractivity contribution in [1.82, 2.24) is 5.32 Å². The molecule has 0 saturated carbocycles. The van der Waals surface area contributed by atoms with Gasteiger partial charge in [0, 0.05) is 6.42 Å². The smallest absolute Gasteiger partial charge is 0.220 e. The van der Waals surface area contributed by atoms with Gasteiger partial charge < -0.3 is 40.3 Å². The summed E-state index contributed by atoms with van der Waals surface area (Å²) in [4.78, 5) is 12.7. The van der Waals surface area contributed by atoms with Gasteiger partial charge in [0.25, 0.3) is 0 Å². The lowest BCUT2D eigenvalue weighted by Gasteiger charge is -2.40. The van der Waals surface area contributed by atoms with Gasteiger partial charge in [0.15, 0.2) is 6.29 Å². The third-order valence-electron chi connectivity index (χ3n) is 8.61. The molecule has 0 spiro atoms. The largest absolute Gasteiger partial charge is 0.394 e. The third-order valence-corrected chi connectivity index (χ3v) is 8.61. The summed E-state index contributed by atoms with van der Waals surface area (Å²) in [5, 5.41) is 53.6. The zero-order valence-corrected chi connectivity index (χ0v) is 27.9. The fourth-order valence-corrected chi connectivity index (χ4v) is 5.62. The highest BCUT2D eigenvalue weighted by atomic mass is 16.7. The monoisotopic (exact) mass is 629 g/mol. The molecular formula is C35H67NO8. The van der Waals surface area contributed by atoms with E-state index in [4.69, 9.17) is 9.47 Å². The normalized spacial score (nSPS) is 23.7. The molecule has 1 amide bonds. The fraction of sp³-hybridized carbons (Fsp3) is 0.914. The number of carbonyl (C=O) groups excluding carboxylic acids is 1. The highest BCUT2D eigenvalue weighted by Crippen LogP contribution is 2.22. The van der Waals surface area contributed by atoms with Gasteiger partial charge in [-0.2, -0.15) is 0 Å². The molecule has 0 aliphatic carbocycles. The van der Waals surface area contributed by atoms with E-state index >= 15 is 0 Å². The van der Waals surface area contributed by atoms with Gasteiger partial charge >= 0.3 is 0 Å². The minimum absolute atomic E-state index is 0.185. The van der Waals surface area contributed by atoms with E-state index in [2.05, 4.69) is 19.2 Å². The number of hydrogen-bond donors (Lipinski definition) is 6. The van der Waals surface area contributed by atoms with Crippen molar-refractivity contribution in [1.29, 1.82) is 0 Å². The van der Waals surface area contributed by atoms with Gasteiger partial charge in [-0.3, -0.25) is 4.79 Å². The number of amides is 1. The molecule has 1 heterocycles. The van der Waals surface area contributed by atoms with E-state index in [9.17, 15) is 30.3 Å². The van der Waals surface area contributed by atoms with Crippen molar-refractivity contribution >= 4 is 5.91 Å². The molecule has 0 aromatic rings. The summed E-state index contributed by atoms with van der Waals surface area (Å²) >= 11 is 0. The van der Waals surface area contributed by atoms with Crippen LogP contribution < -0.4 is 5.32 Å². The summed E-state index contributed by atoms with van der Waals surface area (Å²) in [6.07, 6.45) is 20.0. The van der Waals surface area contributed by atoms with Crippen LogP contribution in [0.1, 0.15) is 149 Å². The lowest BCUT2D eigenvalue weighted by molar-refractivity contribution is -0.302. The highest BCUT2D eigenvalue weighted by molar-refractivity contribution is 5.76. The summed E-state index contributed by atoms with van der Waals surface area (Å²) in [7, 11) is 0. The number of rotatable bonds is 28. The van der Waals surface area contributed by atoms with Gasteiger partial charge in [-0.1, -0.05) is 135 Å². The molecule has 1 rings (SSSR count). The molecule has 7 unspecified atom stereocenters. The number of allylic oxidation sites excluding steroid dienone is 1. The first kappa shape index (κ1) is 41.0. The molecule has 260 valence electrons. The highest BCUT2D eigenvalue weighted by Gasteiger charge is 2.44. The van der Waals surface area contributed by atoms with Crippen LogP contribution in [0.2, 0.25) is 0 Å². The average molecular weight is 630 g/mol. The first-order valence-corrected chi connectivity index (χ1v) is 17.9. The van der Waals surface area contributed by atoms with Crippen molar-refractivity contribution in [2.24, 2.45) is 0 Å². The second-order valence-corrected chi connectivity index (χ2v) is 12.7. The molecule has 0 aromatic heterocycles. The molecule has 1 fully saturated rings. The van der Waals surface area contributed by atoms with Crippen LogP contribution >= 0.6 is 0 Å². The number of hydrogen-bond acceptors (Lipinski definition) is 8. The van der Waals surface area contributed by atoms with Crippen LogP contribution in [-0.2, 0) is 14.3 Å². The predicted molar refractivity (Wildman–Crippen MR) is 175 cm³/mol. The van der Waals surface area contributed by atoms with E-state index in [1.165, 1.54) is 83.5 Å². The zero-order chi connectivity index (χ0) is 32.4. The molecule has 9 nitrogen and oxygen atoms in total. The van der Waals surface area contributed by atoms with Crippen molar-refractivity contribution in [3.63, 3.8) is 0 Å². The topological polar surface area (TPSA) is 149 Å². The number of aliphatic hydroxyl groups is 5. The predicted octanol–water partition coefficient (Wildman–Crippen LogP) is 5.44. The number of ether oxygens (including phenoxy) is 2. The van der Waals surface area contributed by atoms with Crippen molar-refractivity contribution in [3.8, 4) is 0 Å². The van der Waals surface area contributed by atoms with Gasteiger partial charge in [-0.15, -0.1) is 0 Å². The second-order valence-electron chi connectivity index (χ2n) is 12.7. The summed E-state index contributed by atoms with van der Waals surface area (Å²) < 4.78 is 11.1. The summed E-state index contributed by atoms with van der Waals surface area (Å²) in [5.74, 6) is -0.188. The minimum atomic E-state index is -1.56. The SMILES string of the molecule is CCCCCCCCCCCCCCC/C=C/C(O)C(COC1OC(CO)C(O)C(O)C1O)NC(=O)CCCCCCCC. The fourth-order valence-electron chi connectivity index (χ4n) is 5.62. The Labute approximate surface area is 267 Å². The Hall–Kier alpha value is -1.07. The quantitative estimate of drug-likeness (QED) is 0.0495. The zero-order valence-electron chi connectivity index (χ0n) is 27.9. The maximum atomic E-state index is 12.7. The Morgan fingerprint density at radius 3 is 1.77 bits per heavy atom. The maximum Gasteiger partial charge on any atom is 0.220 e. The van der Waals surface area contributed by atoms with E-state index in [0.717, 1.165) is 44.9 Å². The van der Waals surface area contributed by atoms with Crippen molar-refractivity contribution < 1.29 is 39.8 Å². The number of carbonyl (C=O) groups is 1. The average Bonchev–Trinajstić information content (AvgIpc) is 3.02. The first-order chi connectivity index (χ1) is 21.3. The standard InChI is InChI=1S/C35H67NO8/c1-3-5-7-9-11-12-13-14-15-16-17-18-19-20-22-24-29(38)28(36-31(39)25-23-21-10-8-6-4-2)27-43-35-34(42)33(41)32(40)30(26-37)44-35/h22,24,28-30,32-35,37-38,40-42H,3-21,23,25-27H2,1-2H3,(H,36,39)/b24-22+. The van der Waals surface area contributed by atoms with E-state index in [0.29, 0.717) is 6.42 Å². The molecule has 0 bridgehead atoms. The Morgan fingerprint density at radius 2 is 1.25 bits per heavy atom. The van der Waals surface area contributed by atoms with E-state index in [1.54, 1.807) is 6.08 Å². The molecule has 7 atom stereocenters. The van der Waals surface area contributed by atoms with Crippen LogP contribution in [-0.4, -0.2) is 87.5 Å².